The molecule has 0 unspecified atom stereocenters. The van der Waals surface area contributed by atoms with Gasteiger partial charge in [-0.15, -0.1) is 0 Å². The Morgan fingerprint density at radius 3 is 2.27 bits per heavy atom. The van der Waals surface area contributed by atoms with Gasteiger partial charge in [0.1, 0.15) is 6.73 Å². The molecule has 0 aliphatic heterocycles. The van der Waals surface area contributed by atoms with E-state index in [2.05, 4.69) is 0 Å². The maximum absolute atomic E-state index is 11.0. The Labute approximate surface area is 65.8 Å². The third kappa shape index (κ3) is 3.13. The summed E-state index contributed by atoms with van der Waals surface area (Å²) in [5, 5.41) is 8.58. The van der Waals surface area contributed by atoms with Crippen LogP contribution in [-0.4, -0.2) is 28.6 Å². The van der Waals surface area contributed by atoms with Crippen molar-refractivity contribution >= 4 is 11.8 Å². The highest BCUT2D eigenvalue weighted by Gasteiger charge is 2.14. The molecule has 64 valence electrons. The average Bonchev–Trinajstić information content (AvgIpc) is 1.88. The van der Waals surface area contributed by atoms with Crippen LogP contribution in [0.3, 0.4) is 0 Å². The van der Waals surface area contributed by atoms with Crippen LogP contribution < -0.4 is 0 Å². The topological polar surface area (TPSA) is 57.6 Å². The molecular formula is C7H13NO3. The standard InChI is InChI=1S/C7H13NO3/c1-3-4-7(11)8(5-9)6(2)10/h9H,3-5H2,1-2H3. The van der Waals surface area contributed by atoms with Crippen molar-refractivity contribution in [3.05, 3.63) is 0 Å². The summed E-state index contributed by atoms with van der Waals surface area (Å²) in [5.41, 5.74) is 0. The van der Waals surface area contributed by atoms with E-state index < -0.39 is 12.6 Å². The normalized spacial score (nSPS) is 9.36. The summed E-state index contributed by atoms with van der Waals surface area (Å²) in [6.07, 6.45) is 0.989. The fraction of sp³-hybridized carbons (Fsp3) is 0.714. The molecule has 0 aliphatic rings. The number of aliphatic hydroxyl groups excluding tert-OH is 1. The third-order valence-corrected chi connectivity index (χ3v) is 1.29. The molecule has 0 atom stereocenters. The second-order valence-electron chi connectivity index (χ2n) is 2.23. The third-order valence-electron chi connectivity index (χ3n) is 1.29. The minimum absolute atomic E-state index is 0.306. The van der Waals surface area contributed by atoms with Crippen LogP contribution in [0.5, 0.6) is 0 Å². The van der Waals surface area contributed by atoms with E-state index >= 15 is 0 Å². The minimum Gasteiger partial charge on any atom is -0.376 e. The summed E-state index contributed by atoms with van der Waals surface area (Å²) < 4.78 is 0. The Hall–Kier alpha value is -0.900. The molecule has 2 amide bonds. The molecule has 0 heterocycles. The monoisotopic (exact) mass is 159 g/mol. The van der Waals surface area contributed by atoms with Crippen LogP contribution in [0.25, 0.3) is 0 Å². The first kappa shape index (κ1) is 10.1. The highest BCUT2D eigenvalue weighted by atomic mass is 16.3. The molecule has 1 N–H and O–H groups in total. The predicted octanol–water partition coefficient (Wildman–Crippen LogP) is 0.111. The van der Waals surface area contributed by atoms with Crippen LogP contribution >= 0.6 is 0 Å². The van der Waals surface area contributed by atoms with Crippen molar-refractivity contribution in [2.75, 3.05) is 6.73 Å². The van der Waals surface area contributed by atoms with E-state index in [-0.39, 0.29) is 5.91 Å². The number of hydrogen-bond donors (Lipinski definition) is 1. The zero-order valence-electron chi connectivity index (χ0n) is 6.83. The minimum atomic E-state index is -0.520. The van der Waals surface area contributed by atoms with Gasteiger partial charge in [-0.3, -0.25) is 14.5 Å². The largest absolute Gasteiger partial charge is 0.376 e. The van der Waals surface area contributed by atoms with Gasteiger partial charge in [0.2, 0.25) is 11.8 Å². The highest BCUT2D eigenvalue weighted by Crippen LogP contribution is 1.96. The number of aliphatic hydroxyl groups is 1. The first-order chi connectivity index (χ1) is 5.13. The van der Waals surface area contributed by atoms with Gasteiger partial charge >= 0.3 is 0 Å². The van der Waals surface area contributed by atoms with E-state index in [1.807, 2.05) is 6.92 Å². The van der Waals surface area contributed by atoms with E-state index in [9.17, 15) is 9.59 Å². The number of carbonyl (C=O) groups is 2. The number of carbonyl (C=O) groups excluding carboxylic acids is 2. The van der Waals surface area contributed by atoms with Gasteiger partial charge in [-0.2, -0.15) is 0 Å². The van der Waals surface area contributed by atoms with Gasteiger partial charge in [-0.25, -0.2) is 0 Å². The number of hydrogen-bond acceptors (Lipinski definition) is 3. The van der Waals surface area contributed by atoms with Gasteiger partial charge in [-0.05, 0) is 6.42 Å². The first-order valence-corrected chi connectivity index (χ1v) is 3.55. The lowest BCUT2D eigenvalue weighted by Gasteiger charge is -2.14. The zero-order chi connectivity index (χ0) is 8.85. The van der Waals surface area contributed by atoms with Crippen LogP contribution in [0.15, 0.2) is 0 Å². The Morgan fingerprint density at radius 2 is 2.00 bits per heavy atom. The van der Waals surface area contributed by atoms with Gasteiger partial charge in [0.15, 0.2) is 0 Å². The summed E-state index contributed by atoms with van der Waals surface area (Å²) in [5.74, 6) is -0.728. The molecule has 11 heavy (non-hydrogen) atoms. The van der Waals surface area contributed by atoms with Crippen LogP contribution in [0.1, 0.15) is 26.7 Å². The van der Waals surface area contributed by atoms with E-state index in [1.165, 1.54) is 6.92 Å². The van der Waals surface area contributed by atoms with E-state index in [1.54, 1.807) is 0 Å². The van der Waals surface area contributed by atoms with Gasteiger partial charge < -0.3 is 5.11 Å². The number of nitrogens with zero attached hydrogens (tertiary/aromatic N) is 1. The molecule has 0 spiro atoms. The molecule has 0 saturated heterocycles. The van der Waals surface area contributed by atoms with Crippen LogP contribution in [0, 0.1) is 0 Å². The van der Waals surface area contributed by atoms with Crippen molar-refractivity contribution in [1.82, 2.24) is 4.90 Å². The maximum Gasteiger partial charge on any atom is 0.231 e. The van der Waals surface area contributed by atoms with Crippen molar-refractivity contribution in [3.8, 4) is 0 Å². The van der Waals surface area contributed by atoms with Gasteiger partial charge in [0.05, 0.1) is 0 Å². The number of amides is 2. The van der Waals surface area contributed by atoms with Crippen LogP contribution in [-0.2, 0) is 9.59 Å². The van der Waals surface area contributed by atoms with E-state index in [4.69, 9.17) is 5.11 Å². The molecule has 0 aromatic heterocycles. The van der Waals surface area contributed by atoms with Crippen LogP contribution in [0.2, 0.25) is 0 Å². The summed E-state index contributed by atoms with van der Waals surface area (Å²) in [4.78, 5) is 22.4. The summed E-state index contributed by atoms with van der Waals surface area (Å²) in [6, 6.07) is 0. The van der Waals surface area contributed by atoms with Gasteiger partial charge in [-0.1, -0.05) is 6.92 Å². The second kappa shape index (κ2) is 4.85. The molecule has 0 aromatic carbocycles. The fourth-order valence-corrected chi connectivity index (χ4v) is 0.703. The smallest absolute Gasteiger partial charge is 0.231 e. The molecule has 0 aliphatic carbocycles. The Morgan fingerprint density at radius 1 is 1.45 bits per heavy atom. The Bertz CT molecular complexity index is 156. The lowest BCUT2D eigenvalue weighted by atomic mass is 10.3. The van der Waals surface area contributed by atoms with Gasteiger partial charge in [0, 0.05) is 13.3 Å². The SMILES string of the molecule is CCCC(=O)N(CO)C(C)=O. The Kier molecular flexibility index (Phi) is 4.45. The molecule has 0 radical (unpaired) electrons. The molecule has 4 heteroatoms. The molecule has 0 aromatic rings. The number of imide groups is 1. The molecule has 0 bridgehead atoms. The molecule has 4 nitrogen and oxygen atoms in total. The van der Waals surface area contributed by atoms with E-state index in [0.717, 1.165) is 4.90 Å². The van der Waals surface area contributed by atoms with E-state index in [0.29, 0.717) is 12.8 Å². The van der Waals surface area contributed by atoms with Crippen molar-refractivity contribution in [2.45, 2.75) is 26.7 Å². The average molecular weight is 159 g/mol. The van der Waals surface area contributed by atoms with Gasteiger partial charge in [0.25, 0.3) is 0 Å². The molecular weight excluding hydrogens is 146 g/mol. The second-order valence-corrected chi connectivity index (χ2v) is 2.23. The fourth-order valence-electron chi connectivity index (χ4n) is 0.703. The highest BCUT2D eigenvalue weighted by molar-refractivity contribution is 5.93. The zero-order valence-corrected chi connectivity index (χ0v) is 6.83. The lowest BCUT2D eigenvalue weighted by molar-refractivity contribution is -0.147. The Balaban J connectivity index is 4.03. The number of rotatable bonds is 3. The summed E-state index contributed by atoms with van der Waals surface area (Å²) >= 11 is 0. The molecule has 0 fully saturated rings. The van der Waals surface area contributed by atoms with Crippen molar-refractivity contribution < 1.29 is 14.7 Å². The van der Waals surface area contributed by atoms with Crippen LogP contribution in [0.4, 0.5) is 0 Å². The predicted molar refractivity (Wildman–Crippen MR) is 39.5 cm³/mol. The van der Waals surface area contributed by atoms with Crippen molar-refractivity contribution in [1.29, 1.82) is 0 Å². The van der Waals surface area contributed by atoms with Crippen molar-refractivity contribution in [2.24, 2.45) is 0 Å². The van der Waals surface area contributed by atoms with Crippen molar-refractivity contribution in [3.63, 3.8) is 0 Å². The maximum atomic E-state index is 11.0. The quantitative estimate of drug-likeness (QED) is 0.595. The first-order valence-electron chi connectivity index (χ1n) is 3.55. The summed E-state index contributed by atoms with van der Waals surface area (Å²) in [6.45, 7) is 2.57. The summed E-state index contributed by atoms with van der Waals surface area (Å²) in [7, 11) is 0. The molecule has 0 rings (SSSR count). The molecule has 0 saturated carbocycles. The lowest BCUT2D eigenvalue weighted by Crippen LogP contribution is -2.35.